The maximum Gasteiger partial charge on any atom is 0.322 e. The van der Waals surface area contributed by atoms with Gasteiger partial charge in [-0.1, -0.05) is 25.7 Å². The normalized spacial score (nSPS) is 11.8. The molecule has 0 amide bonds. The minimum absolute atomic E-state index is 0.0214. The number of aryl methyl sites for hydroxylation is 1. The Labute approximate surface area is 206 Å². The van der Waals surface area contributed by atoms with E-state index in [9.17, 15) is 0 Å². The SMILES string of the molecule is Cc1ccnc(Oc2ccc(-c3c(Br)n(COCC[Si](C)(C)C)c4ncnc(N)c34)cc2F)n1. The lowest BCUT2D eigenvalue weighted by molar-refractivity contribution is 0.0886. The fourth-order valence-electron chi connectivity index (χ4n) is 3.39. The number of aromatic nitrogens is 5. The highest BCUT2D eigenvalue weighted by Gasteiger charge is 2.22. The number of anilines is 1. The first-order chi connectivity index (χ1) is 16.1. The van der Waals surface area contributed by atoms with Crippen molar-refractivity contribution in [3.63, 3.8) is 0 Å². The van der Waals surface area contributed by atoms with E-state index in [1.54, 1.807) is 18.3 Å². The third kappa shape index (κ3) is 5.26. The molecular formula is C23H26BrFN6O2Si. The summed E-state index contributed by atoms with van der Waals surface area (Å²) in [4.78, 5) is 16.7. The molecule has 0 bridgehead atoms. The van der Waals surface area contributed by atoms with Gasteiger partial charge in [0.05, 0.1) is 9.99 Å². The summed E-state index contributed by atoms with van der Waals surface area (Å²) in [6.45, 7) is 9.65. The number of rotatable bonds is 8. The summed E-state index contributed by atoms with van der Waals surface area (Å²) in [7, 11) is -1.22. The fraction of sp³-hybridized carbons (Fsp3) is 0.304. The molecule has 0 unspecified atom stereocenters. The van der Waals surface area contributed by atoms with Gasteiger partial charge < -0.3 is 15.2 Å². The first kappa shape index (κ1) is 24.2. The Morgan fingerprint density at radius 3 is 2.65 bits per heavy atom. The van der Waals surface area contributed by atoms with E-state index in [2.05, 4.69) is 55.5 Å². The van der Waals surface area contributed by atoms with Crippen LogP contribution in [0.15, 0.2) is 41.4 Å². The lowest BCUT2D eigenvalue weighted by Crippen LogP contribution is -2.22. The summed E-state index contributed by atoms with van der Waals surface area (Å²) in [6, 6.07) is 7.53. The maximum atomic E-state index is 15.0. The molecule has 0 aliphatic heterocycles. The summed E-state index contributed by atoms with van der Waals surface area (Å²) in [5.74, 6) is -0.235. The zero-order valence-electron chi connectivity index (χ0n) is 19.5. The molecule has 8 nitrogen and oxygen atoms in total. The van der Waals surface area contributed by atoms with Gasteiger partial charge >= 0.3 is 6.01 Å². The smallest absolute Gasteiger partial charge is 0.322 e. The monoisotopic (exact) mass is 544 g/mol. The zero-order valence-corrected chi connectivity index (χ0v) is 22.1. The van der Waals surface area contributed by atoms with E-state index in [1.165, 1.54) is 18.5 Å². The van der Waals surface area contributed by atoms with Gasteiger partial charge in [-0.15, -0.1) is 0 Å². The number of halogens is 2. The third-order valence-electron chi connectivity index (χ3n) is 5.22. The molecule has 1 aromatic carbocycles. The molecule has 4 rings (SSSR count). The van der Waals surface area contributed by atoms with Gasteiger partial charge in [0.15, 0.2) is 11.6 Å². The zero-order chi connectivity index (χ0) is 24.5. The van der Waals surface area contributed by atoms with Crippen molar-refractivity contribution in [1.29, 1.82) is 0 Å². The van der Waals surface area contributed by atoms with Crippen LogP contribution in [0, 0.1) is 12.7 Å². The Hall–Kier alpha value is -2.89. The van der Waals surface area contributed by atoms with Gasteiger partial charge in [0.1, 0.15) is 24.5 Å². The predicted molar refractivity (Wildman–Crippen MR) is 136 cm³/mol. The molecule has 0 aliphatic rings. The number of fused-ring (bicyclic) bond motifs is 1. The fourth-order valence-corrected chi connectivity index (χ4v) is 4.85. The molecule has 3 heterocycles. The quantitative estimate of drug-likeness (QED) is 0.221. The number of hydrogen-bond acceptors (Lipinski definition) is 7. The number of nitrogens with zero attached hydrogens (tertiary/aromatic N) is 5. The minimum atomic E-state index is -1.22. The molecule has 2 N–H and O–H groups in total. The van der Waals surface area contributed by atoms with E-state index in [0.29, 0.717) is 39.2 Å². The summed E-state index contributed by atoms with van der Waals surface area (Å²) >= 11 is 3.66. The molecule has 0 fully saturated rings. The van der Waals surface area contributed by atoms with Crippen molar-refractivity contribution in [2.45, 2.75) is 39.3 Å². The van der Waals surface area contributed by atoms with Crippen LogP contribution in [0.3, 0.4) is 0 Å². The molecule has 0 spiro atoms. The van der Waals surface area contributed by atoms with Crippen molar-refractivity contribution in [3.05, 3.63) is 52.9 Å². The Morgan fingerprint density at radius 2 is 1.94 bits per heavy atom. The highest BCUT2D eigenvalue weighted by molar-refractivity contribution is 9.10. The third-order valence-corrected chi connectivity index (χ3v) is 7.75. The van der Waals surface area contributed by atoms with Crippen molar-refractivity contribution in [2.24, 2.45) is 0 Å². The Balaban J connectivity index is 1.68. The molecule has 34 heavy (non-hydrogen) atoms. The van der Waals surface area contributed by atoms with Gasteiger partial charge in [0, 0.05) is 32.1 Å². The van der Waals surface area contributed by atoms with E-state index >= 15 is 4.39 Å². The molecule has 0 aliphatic carbocycles. The van der Waals surface area contributed by atoms with Crippen LogP contribution in [0.2, 0.25) is 25.7 Å². The average molecular weight is 545 g/mol. The summed E-state index contributed by atoms with van der Waals surface area (Å²) < 4.78 is 29.1. The van der Waals surface area contributed by atoms with Gasteiger partial charge in [-0.25, -0.2) is 24.3 Å². The Kier molecular flexibility index (Phi) is 6.96. The molecule has 0 radical (unpaired) electrons. The summed E-state index contributed by atoms with van der Waals surface area (Å²) in [6.07, 6.45) is 2.97. The van der Waals surface area contributed by atoms with Crippen molar-refractivity contribution >= 4 is 40.9 Å². The van der Waals surface area contributed by atoms with E-state index in [-0.39, 0.29) is 18.5 Å². The summed E-state index contributed by atoms with van der Waals surface area (Å²) in [5, 5.41) is 0.623. The highest BCUT2D eigenvalue weighted by Crippen LogP contribution is 2.41. The molecule has 0 saturated heterocycles. The van der Waals surface area contributed by atoms with Crippen LogP contribution in [-0.2, 0) is 11.5 Å². The molecule has 4 aromatic rings. The first-order valence-corrected chi connectivity index (χ1v) is 15.3. The predicted octanol–water partition coefficient (Wildman–Crippen LogP) is 5.79. The second kappa shape index (κ2) is 9.77. The molecule has 3 aromatic heterocycles. The van der Waals surface area contributed by atoms with Gasteiger partial charge in [0.25, 0.3) is 0 Å². The number of nitrogens with two attached hydrogens (primary N) is 1. The van der Waals surface area contributed by atoms with Crippen molar-refractivity contribution in [1.82, 2.24) is 24.5 Å². The van der Waals surface area contributed by atoms with Gasteiger partial charge in [-0.3, -0.25) is 4.57 Å². The largest absolute Gasteiger partial charge is 0.421 e. The standard InChI is InChI=1S/C23H26BrFN6O2Si/c1-14-7-8-27-23(30-14)33-17-6-5-15(11-16(17)25)18-19-21(26)28-12-29-22(19)31(20(18)24)13-32-9-10-34(2,3)4/h5-8,11-12H,9-10,13H2,1-4H3,(H2,26,28,29). The lowest BCUT2D eigenvalue weighted by atomic mass is 10.1. The average Bonchev–Trinajstić information content (AvgIpc) is 3.05. The van der Waals surface area contributed by atoms with E-state index < -0.39 is 13.9 Å². The van der Waals surface area contributed by atoms with Crippen LogP contribution < -0.4 is 10.5 Å². The number of benzene rings is 1. The van der Waals surface area contributed by atoms with E-state index in [4.69, 9.17) is 15.2 Å². The Bertz CT molecular complexity index is 1340. The van der Waals surface area contributed by atoms with Crippen molar-refractivity contribution in [3.8, 4) is 22.9 Å². The first-order valence-electron chi connectivity index (χ1n) is 10.8. The minimum Gasteiger partial charge on any atom is -0.421 e. The Morgan fingerprint density at radius 1 is 1.15 bits per heavy atom. The summed E-state index contributed by atoms with van der Waals surface area (Å²) in [5.41, 5.74) is 8.82. The number of hydrogen-bond donors (Lipinski definition) is 1. The molecule has 0 atom stereocenters. The topological polar surface area (TPSA) is 101 Å². The van der Waals surface area contributed by atoms with Crippen LogP contribution in [0.25, 0.3) is 22.2 Å². The van der Waals surface area contributed by atoms with E-state index in [0.717, 1.165) is 11.7 Å². The van der Waals surface area contributed by atoms with Crippen molar-refractivity contribution in [2.75, 3.05) is 12.3 Å². The highest BCUT2D eigenvalue weighted by atomic mass is 79.9. The van der Waals surface area contributed by atoms with Crippen LogP contribution in [0.1, 0.15) is 5.69 Å². The van der Waals surface area contributed by atoms with E-state index in [1.807, 2.05) is 11.5 Å². The maximum absolute atomic E-state index is 15.0. The van der Waals surface area contributed by atoms with Crippen molar-refractivity contribution < 1.29 is 13.9 Å². The molecular weight excluding hydrogens is 519 g/mol. The molecule has 11 heteroatoms. The van der Waals surface area contributed by atoms with Gasteiger partial charge in [-0.05, 0) is 52.7 Å². The van der Waals surface area contributed by atoms with Crippen LogP contribution in [0.4, 0.5) is 10.2 Å². The van der Waals surface area contributed by atoms with Crippen LogP contribution >= 0.6 is 15.9 Å². The number of nitrogen functional groups attached to an aromatic ring is 1. The van der Waals surface area contributed by atoms with Gasteiger partial charge in [-0.2, -0.15) is 0 Å². The second-order valence-corrected chi connectivity index (χ2v) is 15.5. The second-order valence-electron chi connectivity index (χ2n) is 9.13. The van der Waals surface area contributed by atoms with Crippen LogP contribution in [-0.4, -0.2) is 39.2 Å². The molecule has 0 saturated carbocycles. The van der Waals surface area contributed by atoms with Crippen LogP contribution in [0.5, 0.6) is 11.8 Å². The lowest BCUT2D eigenvalue weighted by Gasteiger charge is -2.16. The number of ether oxygens (including phenoxy) is 2. The molecule has 178 valence electrons. The van der Waals surface area contributed by atoms with Gasteiger partial charge in [0.2, 0.25) is 0 Å².